The van der Waals surface area contributed by atoms with E-state index in [1.807, 2.05) is 45.9 Å². The highest BCUT2D eigenvalue weighted by atomic mass is 15.2. The number of fused-ring (bicyclic) bond motifs is 2. The molecule has 0 bridgehead atoms. The summed E-state index contributed by atoms with van der Waals surface area (Å²) in [6.45, 7) is 24.0. The lowest BCUT2D eigenvalue weighted by atomic mass is 10.0. The number of anilines is 7. The van der Waals surface area contributed by atoms with Gasteiger partial charge in [0.1, 0.15) is 0 Å². The third kappa shape index (κ3) is 15.2. The van der Waals surface area contributed by atoms with E-state index in [1.54, 1.807) is 6.08 Å². The highest BCUT2D eigenvalue weighted by Gasteiger charge is 2.19. The number of nitrogens with zero attached hydrogens (tertiary/aromatic N) is 3. The van der Waals surface area contributed by atoms with Gasteiger partial charge >= 0.3 is 0 Å². The largest absolute Gasteiger partial charge is 0.310 e. The van der Waals surface area contributed by atoms with Crippen molar-refractivity contribution in [3.63, 3.8) is 0 Å². The van der Waals surface area contributed by atoms with Gasteiger partial charge in [0.25, 0.3) is 0 Å². The highest BCUT2D eigenvalue weighted by Crippen LogP contribution is 2.43. The van der Waals surface area contributed by atoms with Crippen LogP contribution in [-0.2, 0) is 12.8 Å². The molecule has 0 aliphatic heterocycles. The maximum absolute atomic E-state index is 4.28. The van der Waals surface area contributed by atoms with Crippen molar-refractivity contribution >= 4 is 73.1 Å². The summed E-state index contributed by atoms with van der Waals surface area (Å²) < 4.78 is 0. The summed E-state index contributed by atoms with van der Waals surface area (Å²) in [5.41, 5.74) is 13.8. The molecule has 0 atom stereocenters. The normalized spacial score (nSPS) is 11.9. The smallest absolute Gasteiger partial charge is 0.0540 e. The van der Waals surface area contributed by atoms with E-state index < -0.39 is 0 Å². The molecule has 9 aromatic carbocycles. The SMILES string of the molecule is C=C/C(=c1/cccc/c1=C/C)N(C(/C=C\C(=C)C)=C/C)c1ccc(CCCCCCCc2ccc(N(c3ccc(N(c4ccccc4)c4cccc5ccccc45)cc3)c3cccc4ccccc34)cc2)cc1.C=C/C=C\C.CC. The number of rotatable bonds is 21. The van der Waals surface area contributed by atoms with Gasteiger partial charge < -0.3 is 14.7 Å². The first-order valence-corrected chi connectivity index (χ1v) is 28.7. The number of allylic oxidation sites excluding steroid dienone is 7. The topological polar surface area (TPSA) is 9.72 Å². The molecule has 0 radical (unpaired) electrons. The summed E-state index contributed by atoms with van der Waals surface area (Å²) in [4.78, 5) is 7.08. The summed E-state index contributed by atoms with van der Waals surface area (Å²) in [6.07, 6.45) is 24.3. The van der Waals surface area contributed by atoms with E-state index in [4.69, 9.17) is 0 Å². The molecule has 80 heavy (non-hydrogen) atoms. The predicted octanol–water partition coefficient (Wildman–Crippen LogP) is 21.1. The number of hydrogen-bond donors (Lipinski definition) is 0. The zero-order chi connectivity index (χ0) is 56.5. The maximum atomic E-state index is 4.28. The highest BCUT2D eigenvalue weighted by molar-refractivity contribution is 6.01. The lowest BCUT2D eigenvalue weighted by Crippen LogP contribution is -2.33. The molecule has 0 fully saturated rings. The molecule has 0 heterocycles. The third-order valence-corrected chi connectivity index (χ3v) is 14.1. The quantitative estimate of drug-likeness (QED) is 0.0524. The van der Waals surface area contributed by atoms with Crippen LogP contribution in [0.25, 0.3) is 33.3 Å². The van der Waals surface area contributed by atoms with Crippen molar-refractivity contribution in [2.45, 2.75) is 86.5 Å². The van der Waals surface area contributed by atoms with Crippen LogP contribution in [0.4, 0.5) is 39.8 Å². The maximum Gasteiger partial charge on any atom is 0.0540 e. The Kier molecular flexibility index (Phi) is 22.7. The fraction of sp³-hybridized carbons (Fsp3) is 0.169. The van der Waals surface area contributed by atoms with E-state index >= 15 is 0 Å². The number of aryl methyl sites for hydroxylation is 2. The molecule has 3 nitrogen and oxygen atoms in total. The molecule has 0 unspecified atom stereocenters. The number of para-hydroxylation sites is 1. The van der Waals surface area contributed by atoms with Crippen molar-refractivity contribution < 1.29 is 0 Å². The molecule has 9 rings (SSSR count). The van der Waals surface area contributed by atoms with Crippen LogP contribution in [0.5, 0.6) is 0 Å². The van der Waals surface area contributed by atoms with E-state index in [0.717, 1.165) is 74.8 Å². The van der Waals surface area contributed by atoms with Gasteiger partial charge in [0.15, 0.2) is 0 Å². The van der Waals surface area contributed by atoms with Crippen LogP contribution in [0.15, 0.2) is 286 Å². The van der Waals surface area contributed by atoms with Crippen molar-refractivity contribution in [2.75, 3.05) is 14.7 Å². The zero-order valence-corrected chi connectivity index (χ0v) is 48.2. The molecular formula is C77H81N3. The summed E-state index contributed by atoms with van der Waals surface area (Å²) in [6, 6.07) is 77.1. The number of benzene rings is 9. The number of unbranched alkanes of at least 4 members (excludes halogenated alkanes) is 4. The first-order chi connectivity index (χ1) is 39.3. The predicted molar refractivity (Wildman–Crippen MR) is 354 cm³/mol. The molecule has 0 aliphatic rings. The third-order valence-electron chi connectivity index (χ3n) is 14.1. The Morgan fingerprint density at radius 1 is 0.450 bits per heavy atom. The van der Waals surface area contributed by atoms with Crippen LogP contribution in [0.1, 0.15) is 84.8 Å². The molecule has 9 aromatic rings. The van der Waals surface area contributed by atoms with Crippen LogP contribution >= 0.6 is 0 Å². The Balaban J connectivity index is 0.00000125. The van der Waals surface area contributed by atoms with Crippen molar-refractivity contribution in [1.82, 2.24) is 0 Å². The van der Waals surface area contributed by atoms with Gasteiger partial charge in [-0.05, 0) is 165 Å². The van der Waals surface area contributed by atoms with Crippen molar-refractivity contribution in [3.05, 3.63) is 307 Å². The second-order valence-corrected chi connectivity index (χ2v) is 19.6. The molecule has 0 N–H and O–H groups in total. The average Bonchev–Trinajstić information content (AvgIpc) is 3.53. The Bertz CT molecular complexity index is 3620. The monoisotopic (exact) mass is 1050 g/mol. The molecular weight excluding hydrogens is 967 g/mol. The van der Waals surface area contributed by atoms with Gasteiger partial charge in [-0.2, -0.15) is 0 Å². The van der Waals surface area contributed by atoms with Gasteiger partial charge in [-0.15, -0.1) is 0 Å². The lowest BCUT2D eigenvalue weighted by molar-refractivity contribution is 0.613. The minimum atomic E-state index is 1.01. The molecule has 0 aromatic heterocycles. The van der Waals surface area contributed by atoms with Crippen LogP contribution in [0.3, 0.4) is 0 Å². The fourth-order valence-corrected chi connectivity index (χ4v) is 10.2. The van der Waals surface area contributed by atoms with Gasteiger partial charge in [0.2, 0.25) is 0 Å². The van der Waals surface area contributed by atoms with Crippen LogP contribution in [-0.4, -0.2) is 0 Å². The van der Waals surface area contributed by atoms with Gasteiger partial charge in [-0.25, -0.2) is 0 Å². The molecule has 0 amide bonds. The second-order valence-electron chi connectivity index (χ2n) is 19.6. The zero-order valence-electron chi connectivity index (χ0n) is 48.2. The van der Waals surface area contributed by atoms with Gasteiger partial charge in [0.05, 0.1) is 17.1 Å². The Labute approximate surface area is 479 Å². The van der Waals surface area contributed by atoms with Crippen molar-refractivity contribution in [1.29, 1.82) is 0 Å². The van der Waals surface area contributed by atoms with Crippen molar-refractivity contribution in [2.24, 2.45) is 0 Å². The Hall–Kier alpha value is -8.92. The van der Waals surface area contributed by atoms with E-state index in [1.165, 1.54) is 70.0 Å². The summed E-state index contributed by atoms with van der Waals surface area (Å²) in [5.74, 6) is 0. The Morgan fingerprint density at radius 2 is 0.887 bits per heavy atom. The van der Waals surface area contributed by atoms with E-state index in [-0.39, 0.29) is 0 Å². The second kappa shape index (κ2) is 30.9. The first-order valence-electron chi connectivity index (χ1n) is 28.7. The Morgan fingerprint density at radius 3 is 1.35 bits per heavy atom. The molecule has 0 saturated carbocycles. The van der Waals surface area contributed by atoms with E-state index in [2.05, 4.69) is 285 Å². The summed E-state index contributed by atoms with van der Waals surface area (Å²) >= 11 is 0. The van der Waals surface area contributed by atoms with Crippen LogP contribution < -0.4 is 25.1 Å². The molecule has 0 aliphatic carbocycles. The van der Waals surface area contributed by atoms with E-state index in [0.29, 0.717) is 0 Å². The number of hydrogen-bond acceptors (Lipinski definition) is 3. The molecule has 404 valence electrons. The standard InChI is InChI=1S/C70H67N3.C5H8.C2H6/c1-6-56-27-17-20-34-65(56)68(8-3)71(59(7-2)44-39-53(4)5)61-45-40-54(41-46-61)25-13-10-9-11-14-26-55-42-47-62(48-43-55)73(70-38-24-31-58-29-19-22-36-67(58)70)64-51-49-63(50-52-64)72(60-32-15-12-16-33-60)69-37-23-30-57-28-18-21-35-66(57)69;1-3-5-4-2;1-2/h6-8,12,15-24,27-52H,3-4,9-11,13-14,25-26H2,1-2,5H3;3-5H,1H2,2H3;1-2H3/b44-39-,56-6-,59-7+,68-65+;5-4-;. The van der Waals surface area contributed by atoms with E-state index in [9.17, 15) is 0 Å². The fourth-order valence-electron chi connectivity index (χ4n) is 10.2. The van der Waals surface area contributed by atoms with Crippen molar-refractivity contribution in [3.8, 4) is 0 Å². The molecule has 0 spiro atoms. The minimum absolute atomic E-state index is 1.01. The molecule has 0 saturated heterocycles. The summed E-state index contributed by atoms with van der Waals surface area (Å²) in [7, 11) is 0. The minimum Gasteiger partial charge on any atom is -0.310 e. The summed E-state index contributed by atoms with van der Waals surface area (Å²) in [5, 5.41) is 7.21. The van der Waals surface area contributed by atoms with Crippen LogP contribution in [0.2, 0.25) is 0 Å². The molecule has 3 heteroatoms. The van der Waals surface area contributed by atoms with Gasteiger partial charge in [-0.1, -0.05) is 234 Å². The van der Waals surface area contributed by atoms with Crippen LogP contribution in [0, 0.1) is 0 Å². The van der Waals surface area contributed by atoms with Gasteiger partial charge in [0, 0.05) is 50.1 Å². The first kappa shape index (κ1) is 58.8. The lowest BCUT2D eigenvalue weighted by Gasteiger charge is -2.29. The average molecular weight is 1050 g/mol. The van der Waals surface area contributed by atoms with Gasteiger partial charge in [-0.3, -0.25) is 0 Å².